The van der Waals surface area contributed by atoms with Crippen molar-refractivity contribution in [2.45, 2.75) is 19.3 Å². The lowest BCUT2D eigenvalue weighted by molar-refractivity contribution is -0.116. The zero-order chi connectivity index (χ0) is 19.8. The molecule has 3 rings (SSSR count). The molecule has 0 saturated heterocycles. The molecule has 0 atom stereocenters. The number of aromatic nitrogens is 1. The number of rotatable bonds is 9. The Bertz CT molecular complexity index is 889. The van der Waals surface area contributed by atoms with Crippen molar-refractivity contribution in [1.29, 1.82) is 0 Å². The smallest absolute Gasteiger partial charge is 0.226 e. The zero-order valence-corrected chi connectivity index (χ0v) is 16.9. The Balaban J connectivity index is 1.52. The van der Waals surface area contributed by atoms with Crippen LogP contribution in [0.2, 0.25) is 0 Å². The third-order valence-corrected chi connectivity index (χ3v) is 5.15. The van der Waals surface area contributed by atoms with Gasteiger partial charge in [-0.1, -0.05) is 36.4 Å². The van der Waals surface area contributed by atoms with Crippen molar-refractivity contribution in [3.63, 3.8) is 0 Å². The number of nitrogens with zero attached hydrogens (tertiary/aromatic N) is 1. The fourth-order valence-electron chi connectivity index (χ4n) is 2.76. The van der Waals surface area contributed by atoms with E-state index in [4.69, 9.17) is 9.47 Å². The fourth-order valence-corrected chi connectivity index (χ4v) is 3.49. The Hall–Kier alpha value is -2.70. The zero-order valence-electron chi connectivity index (χ0n) is 16.1. The van der Waals surface area contributed by atoms with Gasteiger partial charge in [-0.25, -0.2) is 4.98 Å². The molecule has 1 heterocycles. The summed E-state index contributed by atoms with van der Waals surface area (Å²) in [6, 6.07) is 16.0. The topological polar surface area (TPSA) is 60.5 Å². The van der Waals surface area contributed by atoms with Gasteiger partial charge in [0.05, 0.1) is 19.4 Å². The quantitative estimate of drug-likeness (QED) is 0.575. The van der Waals surface area contributed by atoms with Crippen molar-refractivity contribution in [3.8, 4) is 17.0 Å². The molecule has 146 valence electrons. The standard InChI is InChI=1S/C22H24N2O3S/c1-26-14-13-17-3-8-18(9-4-17)20-15-28-22(23-20)24-21(25)12-7-16-5-10-19(27-2)11-6-16/h3-6,8-11,15H,7,12-14H2,1-2H3,(H,23,24,25). The number of carbonyl (C=O) groups excluding carboxylic acids is 1. The first-order valence-electron chi connectivity index (χ1n) is 9.14. The van der Waals surface area contributed by atoms with Crippen molar-refractivity contribution >= 4 is 22.4 Å². The number of methoxy groups -OCH3 is 2. The predicted molar refractivity (Wildman–Crippen MR) is 113 cm³/mol. The summed E-state index contributed by atoms with van der Waals surface area (Å²) >= 11 is 1.44. The van der Waals surface area contributed by atoms with Crippen LogP contribution in [0.3, 0.4) is 0 Å². The molecular weight excluding hydrogens is 372 g/mol. The summed E-state index contributed by atoms with van der Waals surface area (Å²) in [5.74, 6) is 0.780. The minimum absolute atomic E-state index is 0.0355. The maximum atomic E-state index is 12.2. The first-order chi connectivity index (χ1) is 13.7. The second-order valence-electron chi connectivity index (χ2n) is 6.37. The average molecular weight is 397 g/mol. The second-order valence-corrected chi connectivity index (χ2v) is 7.23. The van der Waals surface area contributed by atoms with Crippen LogP contribution in [-0.2, 0) is 22.4 Å². The molecule has 0 aliphatic carbocycles. The molecule has 3 aromatic rings. The highest BCUT2D eigenvalue weighted by atomic mass is 32.1. The lowest BCUT2D eigenvalue weighted by Gasteiger charge is -2.04. The molecule has 6 heteroatoms. The largest absolute Gasteiger partial charge is 0.497 e. The van der Waals surface area contributed by atoms with E-state index in [1.165, 1.54) is 16.9 Å². The predicted octanol–water partition coefficient (Wildman–Crippen LogP) is 4.58. The van der Waals surface area contributed by atoms with Gasteiger partial charge >= 0.3 is 0 Å². The summed E-state index contributed by atoms with van der Waals surface area (Å²) in [5.41, 5.74) is 4.24. The Labute approximate surface area is 169 Å². The summed E-state index contributed by atoms with van der Waals surface area (Å²) in [6.45, 7) is 0.711. The summed E-state index contributed by atoms with van der Waals surface area (Å²) in [6.07, 6.45) is 1.98. The molecule has 0 aliphatic heterocycles. The van der Waals surface area contributed by atoms with Crippen molar-refractivity contribution in [2.24, 2.45) is 0 Å². The van der Waals surface area contributed by atoms with Gasteiger partial charge in [-0.2, -0.15) is 0 Å². The van der Waals surface area contributed by atoms with Crippen LogP contribution < -0.4 is 10.1 Å². The normalized spacial score (nSPS) is 10.6. The van der Waals surface area contributed by atoms with Gasteiger partial charge in [0.1, 0.15) is 5.75 Å². The van der Waals surface area contributed by atoms with Gasteiger partial charge < -0.3 is 14.8 Å². The summed E-state index contributed by atoms with van der Waals surface area (Å²) < 4.78 is 10.2. The third kappa shape index (κ3) is 5.65. The van der Waals surface area contributed by atoms with Crippen LogP contribution in [-0.4, -0.2) is 31.7 Å². The molecule has 0 unspecified atom stereocenters. The monoisotopic (exact) mass is 396 g/mol. The van der Waals surface area contributed by atoms with E-state index in [0.717, 1.165) is 29.0 Å². The molecule has 0 aliphatic rings. The van der Waals surface area contributed by atoms with Crippen LogP contribution in [0.15, 0.2) is 53.9 Å². The van der Waals surface area contributed by atoms with Crippen LogP contribution in [0.1, 0.15) is 17.5 Å². The number of ether oxygens (including phenoxy) is 2. The van der Waals surface area contributed by atoms with Gasteiger partial charge in [0.2, 0.25) is 5.91 Å². The Kier molecular flexibility index (Phi) is 7.17. The molecule has 0 bridgehead atoms. The number of hydrogen-bond donors (Lipinski definition) is 1. The van der Waals surface area contributed by atoms with Gasteiger partial charge in [-0.15, -0.1) is 11.3 Å². The summed E-state index contributed by atoms with van der Waals surface area (Å²) in [5, 5.41) is 5.48. The van der Waals surface area contributed by atoms with E-state index in [-0.39, 0.29) is 5.91 Å². The lowest BCUT2D eigenvalue weighted by Crippen LogP contribution is -2.12. The maximum absolute atomic E-state index is 12.2. The summed E-state index contributed by atoms with van der Waals surface area (Å²) in [4.78, 5) is 16.8. The molecule has 0 spiro atoms. The number of amides is 1. The molecule has 0 radical (unpaired) electrons. The highest BCUT2D eigenvalue weighted by Crippen LogP contribution is 2.25. The Morgan fingerprint density at radius 1 is 1.00 bits per heavy atom. The van der Waals surface area contributed by atoms with E-state index in [9.17, 15) is 4.79 Å². The number of benzene rings is 2. The van der Waals surface area contributed by atoms with E-state index >= 15 is 0 Å². The molecule has 1 N–H and O–H groups in total. The Morgan fingerprint density at radius 2 is 1.68 bits per heavy atom. The van der Waals surface area contributed by atoms with E-state index < -0.39 is 0 Å². The van der Waals surface area contributed by atoms with Crippen LogP contribution >= 0.6 is 11.3 Å². The fraction of sp³-hybridized carbons (Fsp3) is 0.273. The van der Waals surface area contributed by atoms with Crippen LogP contribution in [0, 0.1) is 0 Å². The third-order valence-electron chi connectivity index (χ3n) is 4.39. The number of anilines is 1. The average Bonchev–Trinajstić information content (AvgIpc) is 3.20. The second kappa shape index (κ2) is 10.0. The molecule has 1 amide bonds. The molecule has 0 saturated carbocycles. The molecule has 28 heavy (non-hydrogen) atoms. The van der Waals surface area contributed by atoms with Crippen LogP contribution in [0.4, 0.5) is 5.13 Å². The number of nitrogens with one attached hydrogen (secondary N) is 1. The van der Waals surface area contributed by atoms with Gasteiger partial charge in [0.15, 0.2) is 5.13 Å². The number of hydrogen-bond acceptors (Lipinski definition) is 5. The maximum Gasteiger partial charge on any atom is 0.226 e. The van der Waals surface area contributed by atoms with E-state index in [0.29, 0.717) is 24.6 Å². The summed E-state index contributed by atoms with van der Waals surface area (Å²) in [7, 11) is 3.34. The Morgan fingerprint density at radius 3 is 2.36 bits per heavy atom. The van der Waals surface area contributed by atoms with Gasteiger partial charge in [0.25, 0.3) is 0 Å². The highest BCUT2D eigenvalue weighted by Gasteiger charge is 2.09. The van der Waals surface area contributed by atoms with Gasteiger partial charge in [0, 0.05) is 24.5 Å². The first kappa shape index (κ1) is 20.0. The lowest BCUT2D eigenvalue weighted by atomic mass is 10.1. The molecule has 2 aromatic carbocycles. The number of thiazole rings is 1. The van der Waals surface area contributed by atoms with Crippen molar-refractivity contribution in [1.82, 2.24) is 4.98 Å². The SMILES string of the molecule is COCCc1ccc(-c2csc(NC(=O)CCc3ccc(OC)cc3)n2)cc1. The number of carbonyl (C=O) groups is 1. The van der Waals surface area contributed by atoms with Crippen LogP contribution in [0.25, 0.3) is 11.3 Å². The van der Waals surface area contributed by atoms with Gasteiger partial charge in [-0.3, -0.25) is 4.79 Å². The van der Waals surface area contributed by atoms with E-state index in [1.807, 2.05) is 29.6 Å². The minimum atomic E-state index is -0.0355. The van der Waals surface area contributed by atoms with E-state index in [2.05, 4.69) is 34.6 Å². The first-order valence-corrected chi connectivity index (χ1v) is 10.0. The van der Waals surface area contributed by atoms with Crippen molar-refractivity contribution < 1.29 is 14.3 Å². The van der Waals surface area contributed by atoms with Gasteiger partial charge in [-0.05, 0) is 36.1 Å². The minimum Gasteiger partial charge on any atom is -0.497 e. The number of aryl methyl sites for hydroxylation is 1. The van der Waals surface area contributed by atoms with Crippen molar-refractivity contribution in [3.05, 3.63) is 65.0 Å². The highest BCUT2D eigenvalue weighted by molar-refractivity contribution is 7.14. The van der Waals surface area contributed by atoms with Crippen molar-refractivity contribution in [2.75, 3.05) is 26.1 Å². The molecule has 1 aromatic heterocycles. The molecule has 5 nitrogen and oxygen atoms in total. The van der Waals surface area contributed by atoms with E-state index in [1.54, 1.807) is 14.2 Å². The molecular formula is C22H24N2O3S. The van der Waals surface area contributed by atoms with Crippen LogP contribution in [0.5, 0.6) is 5.75 Å². The molecule has 0 fully saturated rings.